The molecule has 0 aliphatic rings. The largest absolute Gasteiger partial charge is 0.495 e. The van der Waals surface area contributed by atoms with E-state index in [4.69, 9.17) is 16.3 Å². The summed E-state index contributed by atoms with van der Waals surface area (Å²) in [6.07, 6.45) is 0. The van der Waals surface area contributed by atoms with Crippen LogP contribution in [0.15, 0.2) is 34.8 Å². The van der Waals surface area contributed by atoms with Crippen molar-refractivity contribution in [2.24, 2.45) is 0 Å². The molecule has 1 heterocycles. The average Bonchev–Trinajstić information content (AvgIpc) is 2.46. The summed E-state index contributed by atoms with van der Waals surface area (Å²) in [6.45, 7) is 0. The van der Waals surface area contributed by atoms with E-state index in [2.05, 4.69) is 31.5 Å². The van der Waals surface area contributed by atoms with Gasteiger partial charge in [-0.05, 0) is 30.3 Å². The molecule has 0 saturated heterocycles. The predicted octanol–water partition coefficient (Wildman–Crippen LogP) is 3.80. The Morgan fingerprint density at radius 3 is 2.76 bits per heavy atom. The highest BCUT2D eigenvalue weighted by Gasteiger charge is 2.12. The maximum absolute atomic E-state index is 12.3. The normalized spacial score (nSPS) is 10.1. The molecular weight excluding hydrogens is 358 g/mol. The number of methoxy groups -OCH3 is 1. The van der Waals surface area contributed by atoms with Gasteiger partial charge in [0, 0.05) is 17.1 Å². The number of amides is 1. The third kappa shape index (κ3) is 3.86. The van der Waals surface area contributed by atoms with Crippen molar-refractivity contribution >= 4 is 44.9 Å². The molecule has 0 saturated carbocycles. The van der Waals surface area contributed by atoms with Crippen LogP contribution in [0.5, 0.6) is 5.75 Å². The van der Waals surface area contributed by atoms with Crippen molar-refractivity contribution in [1.29, 1.82) is 0 Å². The lowest BCUT2D eigenvalue weighted by Crippen LogP contribution is -2.13. The molecule has 110 valence electrons. The summed E-state index contributed by atoms with van der Waals surface area (Å²) in [7, 11) is 3.25. The highest BCUT2D eigenvalue weighted by molar-refractivity contribution is 9.10. The summed E-state index contributed by atoms with van der Waals surface area (Å²) in [5, 5.41) is 5.88. The SMILES string of the molecule is CNc1cc(C(=O)Nc2cc(Br)ccc2OC)cc(Cl)n1. The van der Waals surface area contributed by atoms with Gasteiger partial charge in [-0.3, -0.25) is 4.79 Å². The molecule has 0 aliphatic carbocycles. The number of hydrogen-bond donors (Lipinski definition) is 2. The quantitative estimate of drug-likeness (QED) is 0.804. The van der Waals surface area contributed by atoms with E-state index in [1.54, 1.807) is 32.4 Å². The fourth-order valence-corrected chi connectivity index (χ4v) is 2.30. The summed E-state index contributed by atoms with van der Waals surface area (Å²) in [5.74, 6) is 0.793. The second kappa shape index (κ2) is 6.78. The lowest BCUT2D eigenvalue weighted by molar-refractivity contribution is 0.102. The van der Waals surface area contributed by atoms with E-state index in [0.717, 1.165) is 4.47 Å². The minimum absolute atomic E-state index is 0.244. The number of hydrogen-bond acceptors (Lipinski definition) is 4. The number of aromatic nitrogens is 1. The Bertz CT molecular complexity index is 679. The molecule has 2 aromatic rings. The third-order valence-electron chi connectivity index (χ3n) is 2.72. The molecule has 0 aliphatic heterocycles. The lowest BCUT2D eigenvalue weighted by Gasteiger charge is -2.11. The van der Waals surface area contributed by atoms with Crippen LogP contribution in [-0.2, 0) is 0 Å². The van der Waals surface area contributed by atoms with Crippen LogP contribution in [0.4, 0.5) is 11.5 Å². The van der Waals surface area contributed by atoms with Crippen molar-refractivity contribution in [3.63, 3.8) is 0 Å². The van der Waals surface area contributed by atoms with Crippen molar-refractivity contribution in [2.45, 2.75) is 0 Å². The Morgan fingerprint density at radius 1 is 1.33 bits per heavy atom. The zero-order chi connectivity index (χ0) is 15.4. The maximum atomic E-state index is 12.3. The Balaban J connectivity index is 2.30. The number of nitrogens with zero attached hydrogens (tertiary/aromatic N) is 1. The van der Waals surface area contributed by atoms with Gasteiger partial charge in [-0.1, -0.05) is 27.5 Å². The smallest absolute Gasteiger partial charge is 0.256 e. The van der Waals surface area contributed by atoms with Gasteiger partial charge in [-0.2, -0.15) is 0 Å². The molecule has 0 unspecified atom stereocenters. The molecule has 0 spiro atoms. The van der Waals surface area contributed by atoms with Gasteiger partial charge in [-0.15, -0.1) is 0 Å². The Kier molecular flexibility index (Phi) is 5.03. The van der Waals surface area contributed by atoms with Gasteiger partial charge in [-0.25, -0.2) is 4.98 Å². The van der Waals surface area contributed by atoms with Gasteiger partial charge in [0.15, 0.2) is 0 Å². The van der Waals surface area contributed by atoms with E-state index >= 15 is 0 Å². The lowest BCUT2D eigenvalue weighted by atomic mass is 10.2. The summed E-state index contributed by atoms with van der Waals surface area (Å²) in [4.78, 5) is 16.3. The number of pyridine rings is 1. The average molecular weight is 371 g/mol. The molecule has 1 aromatic carbocycles. The molecule has 0 radical (unpaired) electrons. The first-order valence-corrected chi connectivity index (χ1v) is 7.21. The first-order valence-electron chi connectivity index (χ1n) is 6.03. The van der Waals surface area contributed by atoms with E-state index in [1.807, 2.05) is 6.07 Å². The maximum Gasteiger partial charge on any atom is 0.256 e. The topological polar surface area (TPSA) is 63.2 Å². The first kappa shape index (κ1) is 15.6. The van der Waals surface area contributed by atoms with E-state index in [0.29, 0.717) is 22.8 Å². The van der Waals surface area contributed by atoms with Crippen LogP contribution < -0.4 is 15.4 Å². The number of ether oxygens (including phenoxy) is 1. The van der Waals surface area contributed by atoms with Crippen LogP contribution in [0.2, 0.25) is 5.15 Å². The Hall–Kier alpha value is -1.79. The van der Waals surface area contributed by atoms with Gasteiger partial charge in [0.2, 0.25) is 0 Å². The predicted molar refractivity (Wildman–Crippen MR) is 87.4 cm³/mol. The number of nitrogens with one attached hydrogen (secondary N) is 2. The first-order chi connectivity index (χ1) is 10.0. The van der Waals surface area contributed by atoms with Gasteiger partial charge >= 0.3 is 0 Å². The fourth-order valence-electron chi connectivity index (χ4n) is 1.73. The molecular formula is C14H13BrClN3O2. The van der Waals surface area contributed by atoms with Crippen molar-refractivity contribution in [3.8, 4) is 5.75 Å². The highest BCUT2D eigenvalue weighted by Crippen LogP contribution is 2.28. The van der Waals surface area contributed by atoms with Gasteiger partial charge in [0.25, 0.3) is 5.91 Å². The minimum Gasteiger partial charge on any atom is -0.495 e. The summed E-state index contributed by atoms with van der Waals surface area (Å²) >= 11 is 9.25. The third-order valence-corrected chi connectivity index (χ3v) is 3.41. The number of benzene rings is 1. The van der Waals surface area contributed by atoms with E-state index < -0.39 is 0 Å². The number of halogens is 2. The molecule has 2 rings (SSSR count). The number of rotatable bonds is 4. The van der Waals surface area contributed by atoms with Crippen LogP contribution in [0, 0.1) is 0 Å². The summed E-state index contributed by atoms with van der Waals surface area (Å²) < 4.78 is 6.05. The molecule has 7 heteroatoms. The van der Waals surface area contributed by atoms with E-state index in [9.17, 15) is 4.79 Å². The molecule has 1 amide bonds. The zero-order valence-corrected chi connectivity index (χ0v) is 13.7. The van der Waals surface area contributed by atoms with Crippen LogP contribution >= 0.6 is 27.5 Å². The van der Waals surface area contributed by atoms with Crippen molar-refractivity contribution < 1.29 is 9.53 Å². The van der Waals surface area contributed by atoms with Gasteiger partial charge in [0.05, 0.1) is 12.8 Å². The molecule has 5 nitrogen and oxygen atoms in total. The number of carbonyl (C=O) groups is 1. The Morgan fingerprint density at radius 2 is 2.10 bits per heavy atom. The zero-order valence-electron chi connectivity index (χ0n) is 11.4. The summed E-state index contributed by atoms with van der Waals surface area (Å²) in [6, 6.07) is 8.47. The van der Waals surface area contributed by atoms with Crippen LogP contribution in [0.3, 0.4) is 0 Å². The van der Waals surface area contributed by atoms with Gasteiger partial charge in [0.1, 0.15) is 16.7 Å². The summed E-state index contributed by atoms with van der Waals surface area (Å²) in [5.41, 5.74) is 0.970. The molecule has 2 N–H and O–H groups in total. The van der Waals surface area contributed by atoms with E-state index in [-0.39, 0.29) is 11.1 Å². The minimum atomic E-state index is -0.299. The van der Waals surface area contributed by atoms with Gasteiger partial charge < -0.3 is 15.4 Å². The second-order valence-electron chi connectivity index (χ2n) is 4.11. The molecule has 0 bridgehead atoms. The van der Waals surface area contributed by atoms with Crippen LogP contribution in [0.1, 0.15) is 10.4 Å². The molecule has 0 fully saturated rings. The molecule has 1 aromatic heterocycles. The Labute approximate surface area is 135 Å². The van der Waals surface area contributed by atoms with Crippen molar-refractivity contribution in [3.05, 3.63) is 45.5 Å². The number of carbonyl (C=O) groups excluding carboxylic acids is 1. The van der Waals surface area contributed by atoms with Crippen molar-refractivity contribution in [1.82, 2.24) is 4.98 Å². The second-order valence-corrected chi connectivity index (χ2v) is 5.42. The van der Waals surface area contributed by atoms with Crippen LogP contribution in [-0.4, -0.2) is 25.0 Å². The number of anilines is 2. The molecule has 21 heavy (non-hydrogen) atoms. The fraction of sp³-hybridized carbons (Fsp3) is 0.143. The monoisotopic (exact) mass is 369 g/mol. The van der Waals surface area contributed by atoms with Crippen molar-refractivity contribution in [2.75, 3.05) is 24.8 Å². The van der Waals surface area contributed by atoms with Crippen LogP contribution in [0.25, 0.3) is 0 Å². The van der Waals surface area contributed by atoms with E-state index in [1.165, 1.54) is 6.07 Å². The molecule has 0 atom stereocenters. The highest BCUT2D eigenvalue weighted by atomic mass is 79.9. The standard InChI is InChI=1S/C14H13BrClN3O2/c1-17-13-6-8(5-12(16)19-13)14(20)18-10-7-9(15)3-4-11(10)21-2/h3-7H,1-2H3,(H,17,19)(H,18,20).